The predicted molar refractivity (Wildman–Crippen MR) is 77.7 cm³/mol. The van der Waals surface area contributed by atoms with Gasteiger partial charge in [0.1, 0.15) is 0 Å². The first-order chi connectivity index (χ1) is 9.22. The number of benzene rings is 1. The summed E-state index contributed by atoms with van der Waals surface area (Å²) in [6, 6.07) is 11.3. The van der Waals surface area contributed by atoms with Gasteiger partial charge in [0.05, 0.1) is 12.1 Å². The first-order valence-corrected chi connectivity index (χ1v) is 7.16. The monoisotopic (exact) mass is 257 g/mol. The van der Waals surface area contributed by atoms with Gasteiger partial charge in [0.2, 0.25) is 0 Å². The highest BCUT2D eigenvalue weighted by Gasteiger charge is 2.20. The number of nitriles is 1. The average molecular weight is 257 g/mol. The first-order valence-electron chi connectivity index (χ1n) is 7.16. The van der Waals surface area contributed by atoms with Crippen LogP contribution in [0.1, 0.15) is 25.0 Å². The Bertz CT molecular complexity index is 424. The first kappa shape index (κ1) is 14.0. The second kappa shape index (κ2) is 6.70. The van der Waals surface area contributed by atoms with E-state index < -0.39 is 0 Å². The number of piperazine rings is 1. The van der Waals surface area contributed by atoms with Gasteiger partial charge in [0, 0.05) is 32.7 Å². The van der Waals surface area contributed by atoms with Crippen LogP contribution in [0, 0.1) is 11.3 Å². The van der Waals surface area contributed by atoms with E-state index in [0.29, 0.717) is 0 Å². The van der Waals surface area contributed by atoms with Crippen LogP contribution in [0.15, 0.2) is 24.3 Å². The molecule has 1 heterocycles. The van der Waals surface area contributed by atoms with Crippen LogP contribution in [0.2, 0.25) is 0 Å². The van der Waals surface area contributed by atoms with Crippen molar-refractivity contribution in [2.45, 2.75) is 32.9 Å². The Kier molecular flexibility index (Phi) is 4.95. The molecule has 1 aromatic carbocycles. The number of aryl methyl sites for hydroxylation is 1. The maximum absolute atomic E-state index is 8.93. The molecule has 1 unspecified atom stereocenters. The molecule has 0 N–H and O–H groups in total. The minimum atomic E-state index is 0.0472. The highest BCUT2D eigenvalue weighted by atomic mass is 15.3. The van der Waals surface area contributed by atoms with Crippen molar-refractivity contribution in [3.63, 3.8) is 0 Å². The summed E-state index contributed by atoms with van der Waals surface area (Å²) in [6.07, 6.45) is 1.10. The van der Waals surface area contributed by atoms with Gasteiger partial charge in [0.15, 0.2) is 0 Å². The molecular weight excluding hydrogens is 234 g/mol. The van der Waals surface area contributed by atoms with Crippen molar-refractivity contribution in [3.05, 3.63) is 35.4 Å². The lowest BCUT2D eigenvalue weighted by Gasteiger charge is -2.35. The Balaban J connectivity index is 1.83. The van der Waals surface area contributed by atoms with Crippen molar-refractivity contribution in [2.24, 2.45) is 0 Å². The Morgan fingerprint density at radius 3 is 2.21 bits per heavy atom. The summed E-state index contributed by atoms with van der Waals surface area (Å²) in [5.74, 6) is 0. The van der Waals surface area contributed by atoms with Gasteiger partial charge in [-0.2, -0.15) is 5.26 Å². The van der Waals surface area contributed by atoms with Crippen LogP contribution < -0.4 is 0 Å². The molecule has 19 heavy (non-hydrogen) atoms. The van der Waals surface area contributed by atoms with Crippen molar-refractivity contribution in [3.8, 4) is 6.07 Å². The second-order valence-electron chi connectivity index (χ2n) is 5.29. The minimum Gasteiger partial charge on any atom is -0.297 e. The van der Waals surface area contributed by atoms with E-state index in [-0.39, 0.29) is 6.04 Å². The largest absolute Gasteiger partial charge is 0.297 e. The highest BCUT2D eigenvalue weighted by Crippen LogP contribution is 2.11. The fourth-order valence-electron chi connectivity index (χ4n) is 2.53. The lowest BCUT2D eigenvalue weighted by molar-refractivity contribution is 0.114. The average Bonchev–Trinajstić information content (AvgIpc) is 2.48. The van der Waals surface area contributed by atoms with E-state index in [1.54, 1.807) is 0 Å². The van der Waals surface area contributed by atoms with E-state index in [1.165, 1.54) is 11.1 Å². The molecule has 0 saturated carbocycles. The molecule has 1 aliphatic heterocycles. The van der Waals surface area contributed by atoms with Crippen molar-refractivity contribution >= 4 is 0 Å². The maximum Gasteiger partial charge on any atom is 0.0950 e. The third kappa shape index (κ3) is 3.79. The molecule has 3 heteroatoms. The minimum absolute atomic E-state index is 0.0472. The molecule has 1 saturated heterocycles. The smallest absolute Gasteiger partial charge is 0.0950 e. The van der Waals surface area contributed by atoms with E-state index in [9.17, 15) is 0 Å². The summed E-state index contributed by atoms with van der Waals surface area (Å²) >= 11 is 0. The molecular formula is C16H23N3. The molecule has 1 atom stereocenters. The van der Waals surface area contributed by atoms with E-state index in [0.717, 1.165) is 39.1 Å². The highest BCUT2D eigenvalue weighted by molar-refractivity contribution is 5.22. The van der Waals surface area contributed by atoms with Crippen LogP contribution in [-0.4, -0.2) is 42.0 Å². The maximum atomic E-state index is 8.93. The quantitative estimate of drug-likeness (QED) is 0.829. The van der Waals surface area contributed by atoms with Crippen LogP contribution in [0.5, 0.6) is 0 Å². The van der Waals surface area contributed by atoms with Crippen LogP contribution in [-0.2, 0) is 13.0 Å². The zero-order chi connectivity index (χ0) is 13.7. The molecule has 0 aliphatic carbocycles. The molecule has 102 valence electrons. The van der Waals surface area contributed by atoms with Crippen LogP contribution in [0.25, 0.3) is 0 Å². The summed E-state index contributed by atoms with van der Waals surface area (Å²) in [7, 11) is 0. The molecule has 0 bridgehead atoms. The Labute approximate surface area is 116 Å². The van der Waals surface area contributed by atoms with E-state index in [1.807, 2.05) is 6.92 Å². The molecule has 0 radical (unpaired) electrons. The summed E-state index contributed by atoms with van der Waals surface area (Å²) in [5, 5.41) is 8.93. The predicted octanol–water partition coefficient (Wildman–Crippen LogP) is 2.28. The lowest BCUT2D eigenvalue weighted by Crippen LogP contribution is -2.48. The molecule has 0 aromatic heterocycles. The van der Waals surface area contributed by atoms with Crippen LogP contribution in [0.3, 0.4) is 0 Å². The fraction of sp³-hybridized carbons (Fsp3) is 0.562. The number of hydrogen-bond donors (Lipinski definition) is 0. The topological polar surface area (TPSA) is 30.3 Å². The van der Waals surface area contributed by atoms with E-state index in [2.05, 4.69) is 47.1 Å². The lowest BCUT2D eigenvalue weighted by atomic mass is 10.1. The van der Waals surface area contributed by atoms with Gasteiger partial charge in [0.25, 0.3) is 0 Å². The fourth-order valence-corrected chi connectivity index (χ4v) is 2.53. The molecule has 1 aromatic rings. The zero-order valence-electron chi connectivity index (χ0n) is 12.0. The number of hydrogen-bond acceptors (Lipinski definition) is 3. The Morgan fingerprint density at radius 2 is 1.68 bits per heavy atom. The zero-order valence-corrected chi connectivity index (χ0v) is 12.0. The molecule has 1 aliphatic rings. The van der Waals surface area contributed by atoms with Gasteiger partial charge in [-0.1, -0.05) is 31.2 Å². The number of rotatable bonds is 4. The second-order valence-corrected chi connectivity index (χ2v) is 5.29. The third-order valence-electron chi connectivity index (χ3n) is 3.98. The summed E-state index contributed by atoms with van der Waals surface area (Å²) < 4.78 is 0. The molecule has 3 nitrogen and oxygen atoms in total. The Hall–Kier alpha value is -1.37. The normalized spacial score (nSPS) is 19.0. The number of nitrogens with zero attached hydrogens (tertiary/aromatic N) is 3. The third-order valence-corrected chi connectivity index (χ3v) is 3.98. The van der Waals surface area contributed by atoms with Gasteiger partial charge in [-0.05, 0) is 24.5 Å². The molecule has 0 spiro atoms. The van der Waals surface area contributed by atoms with Crippen LogP contribution in [0.4, 0.5) is 0 Å². The molecule has 2 rings (SSSR count). The van der Waals surface area contributed by atoms with E-state index >= 15 is 0 Å². The van der Waals surface area contributed by atoms with Gasteiger partial charge in [-0.15, -0.1) is 0 Å². The van der Waals surface area contributed by atoms with Crippen molar-refractivity contribution in [1.82, 2.24) is 9.80 Å². The summed E-state index contributed by atoms with van der Waals surface area (Å²) in [4.78, 5) is 4.73. The van der Waals surface area contributed by atoms with Gasteiger partial charge in [-0.25, -0.2) is 0 Å². The van der Waals surface area contributed by atoms with Gasteiger partial charge < -0.3 is 0 Å². The summed E-state index contributed by atoms with van der Waals surface area (Å²) in [6.45, 7) is 9.31. The molecule has 0 amide bonds. The van der Waals surface area contributed by atoms with E-state index in [4.69, 9.17) is 5.26 Å². The standard InChI is InChI=1S/C16H23N3/c1-3-15-4-6-16(7-5-15)13-18-8-10-19(11-9-18)14(2)12-17/h4-7,14H,3,8-11,13H2,1-2H3. The van der Waals surface area contributed by atoms with Crippen molar-refractivity contribution in [1.29, 1.82) is 5.26 Å². The summed E-state index contributed by atoms with van der Waals surface area (Å²) in [5.41, 5.74) is 2.79. The van der Waals surface area contributed by atoms with Gasteiger partial charge in [-0.3, -0.25) is 9.80 Å². The molecule has 1 fully saturated rings. The van der Waals surface area contributed by atoms with Crippen molar-refractivity contribution < 1.29 is 0 Å². The van der Waals surface area contributed by atoms with Crippen molar-refractivity contribution in [2.75, 3.05) is 26.2 Å². The van der Waals surface area contributed by atoms with Crippen LogP contribution >= 0.6 is 0 Å². The SMILES string of the molecule is CCc1ccc(CN2CCN(C(C)C#N)CC2)cc1. The Morgan fingerprint density at radius 1 is 1.11 bits per heavy atom. The van der Waals surface area contributed by atoms with Gasteiger partial charge >= 0.3 is 0 Å².